The molecule has 1 saturated carbocycles. The third kappa shape index (κ3) is 3.96. The van der Waals surface area contributed by atoms with Gasteiger partial charge in [0.25, 0.3) is 0 Å². The zero-order valence-electron chi connectivity index (χ0n) is 20.0. The molecule has 2 atom stereocenters. The van der Waals surface area contributed by atoms with Gasteiger partial charge < -0.3 is 10.1 Å². The summed E-state index contributed by atoms with van der Waals surface area (Å²) in [4.78, 5) is 29.4. The maximum atomic E-state index is 14.5. The molecule has 0 unspecified atom stereocenters. The highest BCUT2D eigenvalue weighted by Crippen LogP contribution is 2.49. The van der Waals surface area contributed by atoms with Crippen LogP contribution in [0.2, 0.25) is 0 Å². The van der Waals surface area contributed by atoms with E-state index in [2.05, 4.69) is 5.32 Å². The summed E-state index contributed by atoms with van der Waals surface area (Å²) in [6.45, 7) is 0. The molecule has 0 bridgehead atoms. The highest BCUT2D eigenvalue weighted by molar-refractivity contribution is 6.07. The smallest absolute Gasteiger partial charge is 0.231 e. The van der Waals surface area contributed by atoms with Gasteiger partial charge in [0.05, 0.1) is 24.5 Å². The Morgan fingerprint density at radius 3 is 2.47 bits per heavy atom. The number of carbonyl (C=O) groups excluding carboxylic acids is 2. The first-order valence-corrected chi connectivity index (χ1v) is 12.4. The Bertz CT molecular complexity index is 1380. The number of anilines is 2. The maximum absolute atomic E-state index is 14.5. The van der Waals surface area contributed by atoms with Gasteiger partial charge in [0.15, 0.2) is 5.78 Å². The molecular weight excluding hydrogens is 455 g/mol. The summed E-state index contributed by atoms with van der Waals surface area (Å²) in [5.74, 6) is 0.251. The molecule has 3 aromatic carbocycles. The Labute approximate surface area is 209 Å². The molecule has 2 aliphatic carbocycles. The van der Waals surface area contributed by atoms with Crippen molar-refractivity contribution in [3.8, 4) is 5.75 Å². The van der Waals surface area contributed by atoms with Crippen molar-refractivity contribution in [2.45, 2.75) is 37.6 Å². The van der Waals surface area contributed by atoms with Gasteiger partial charge in [-0.3, -0.25) is 14.5 Å². The number of Topliss-reactive ketones (excluding diaryl/α,β-unsaturated/α-hetero) is 1. The van der Waals surface area contributed by atoms with E-state index in [9.17, 15) is 14.0 Å². The number of fused-ring (bicyclic) bond motifs is 1. The fourth-order valence-electron chi connectivity index (χ4n) is 5.46. The number of para-hydroxylation sites is 2. The number of methoxy groups -OCH3 is 1. The molecule has 3 aliphatic rings. The lowest BCUT2D eigenvalue weighted by molar-refractivity contribution is -0.120. The standard InChI is InChI=1S/C30H27FN2O3/c1-36-23-13-11-18(12-14-23)21-16-25-28(27(34)17-21)29(20-5-4-6-22(31)15-20)33(30(35)19-9-10-19)26-8-3-2-7-24(26)32-25/h2-8,11-15,19,21,29,32H,9-10,16-17H2,1H3/t21-,29+/m1/s1. The number of amides is 1. The molecule has 6 heteroatoms. The SMILES string of the molecule is COc1ccc([C@H]2CC(=O)C3=C(C2)Nc2ccccc2N(C(=O)C2CC2)[C@H]3c2cccc(F)c2)cc1. The number of halogens is 1. The van der Waals surface area contributed by atoms with E-state index in [1.165, 1.54) is 12.1 Å². The van der Waals surface area contributed by atoms with Crippen LogP contribution in [0.15, 0.2) is 84.1 Å². The van der Waals surface area contributed by atoms with Crippen molar-refractivity contribution in [1.29, 1.82) is 0 Å². The van der Waals surface area contributed by atoms with E-state index >= 15 is 0 Å². The molecule has 6 rings (SSSR count). The van der Waals surface area contributed by atoms with E-state index in [1.807, 2.05) is 54.6 Å². The van der Waals surface area contributed by atoms with Crippen molar-refractivity contribution >= 4 is 23.1 Å². The Kier molecular flexibility index (Phi) is 5.59. The number of allylic oxidation sites excluding steroid dienone is 1. The summed E-state index contributed by atoms with van der Waals surface area (Å²) >= 11 is 0. The minimum absolute atomic E-state index is 0.0133. The highest BCUT2D eigenvalue weighted by atomic mass is 19.1. The third-order valence-corrected chi connectivity index (χ3v) is 7.40. The molecule has 0 saturated heterocycles. The van der Waals surface area contributed by atoms with Crippen molar-refractivity contribution in [2.75, 3.05) is 17.3 Å². The van der Waals surface area contributed by atoms with Gasteiger partial charge in [-0.1, -0.05) is 36.4 Å². The monoisotopic (exact) mass is 482 g/mol. The van der Waals surface area contributed by atoms with Gasteiger partial charge in [-0.05, 0) is 72.7 Å². The first-order valence-electron chi connectivity index (χ1n) is 12.4. The van der Waals surface area contributed by atoms with Crippen LogP contribution in [-0.2, 0) is 9.59 Å². The number of rotatable bonds is 4. The van der Waals surface area contributed by atoms with Crippen molar-refractivity contribution in [3.63, 3.8) is 0 Å². The minimum Gasteiger partial charge on any atom is -0.497 e. The van der Waals surface area contributed by atoms with Crippen LogP contribution >= 0.6 is 0 Å². The van der Waals surface area contributed by atoms with E-state index in [1.54, 1.807) is 18.1 Å². The topological polar surface area (TPSA) is 58.6 Å². The van der Waals surface area contributed by atoms with Gasteiger partial charge in [-0.15, -0.1) is 0 Å². The second-order valence-electron chi connectivity index (χ2n) is 9.78. The normalized spacial score (nSPS) is 21.3. The Balaban J connectivity index is 1.51. The lowest BCUT2D eigenvalue weighted by Gasteiger charge is -2.35. The van der Waals surface area contributed by atoms with Crippen LogP contribution in [-0.4, -0.2) is 18.8 Å². The molecule has 0 aromatic heterocycles. The number of nitrogens with zero attached hydrogens (tertiary/aromatic N) is 1. The predicted molar refractivity (Wildman–Crippen MR) is 136 cm³/mol. The van der Waals surface area contributed by atoms with Crippen LogP contribution in [0.3, 0.4) is 0 Å². The van der Waals surface area contributed by atoms with Crippen LogP contribution in [0.25, 0.3) is 0 Å². The van der Waals surface area contributed by atoms with Gasteiger partial charge in [0, 0.05) is 23.6 Å². The quantitative estimate of drug-likeness (QED) is 0.485. The Hall–Kier alpha value is -3.93. The summed E-state index contributed by atoms with van der Waals surface area (Å²) in [5.41, 5.74) is 4.50. The molecule has 0 spiro atoms. The molecule has 1 amide bonds. The van der Waals surface area contributed by atoms with Crippen molar-refractivity contribution in [1.82, 2.24) is 0 Å². The second-order valence-corrected chi connectivity index (χ2v) is 9.78. The van der Waals surface area contributed by atoms with Crippen LogP contribution in [0, 0.1) is 11.7 Å². The number of nitrogens with one attached hydrogen (secondary N) is 1. The molecule has 36 heavy (non-hydrogen) atoms. The van der Waals surface area contributed by atoms with E-state index in [4.69, 9.17) is 4.74 Å². The summed E-state index contributed by atoms with van der Waals surface area (Å²) < 4.78 is 19.7. The van der Waals surface area contributed by atoms with Gasteiger partial charge in [0.1, 0.15) is 11.6 Å². The number of hydrogen-bond acceptors (Lipinski definition) is 4. The minimum atomic E-state index is -0.690. The molecule has 1 aliphatic heterocycles. The summed E-state index contributed by atoms with van der Waals surface area (Å²) in [6, 6.07) is 21.0. The molecule has 1 heterocycles. The zero-order valence-corrected chi connectivity index (χ0v) is 20.0. The van der Waals surface area contributed by atoms with Crippen LogP contribution in [0.1, 0.15) is 48.8 Å². The zero-order chi connectivity index (χ0) is 24.8. The maximum Gasteiger partial charge on any atom is 0.231 e. The summed E-state index contributed by atoms with van der Waals surface area (Å²) in [7, 11) is 1.63. The number of hydrogen-bond donors (Lipinski definition) is 1. The largest absolute Gasteiger partial charge is 0.497 e. The average molecular weight is 483 g/mol. The number of ketones is 1. The first kappa shape index (κ1) is 22.5. The second kappa shape index (κ2) is 8.94. The number of benzene rings is 3. The highest BCUT2D eigenvalue weighted by Gasteiger charge is 2.45. The molecule has 1 fully saturated rings. The number of ether oxygens (including phenoxy) is 1. The molecule has 0 radical (unpaired) electrons. The van der Waals surface area contributed by atoms with Crippen molar-refractivity contribution < 1.29 is 18.7 Å². The van der Waals surface area contributed by atoms with Crippen molar-refractivity contribution in [2.24, 2.45) is 5.92 Å². The Morgan fingerprint density at radius 1 is 0.972 bits per heavy atom. The van der Waals surface area contributed by atoms with Crippen LogP contribution < -0.4 is 15.0 Å². The lowest BCUT2D eigenvalue weighted by atomic mass is 9.78. The fraction of sp³-hybridized carbons (Fsp3) is 0.267. The molecule has 182 valence electrons. The van der Waals surface area contributed by atoms with Gasteiger partial charge >= 0.3 is 0 Å². The lowest BCUT2D eigenvalue weighted by Crippen LogP contribution is -2.39. The van der Waals surface area contributed by atoms with E-state index in [-0.39, 0.29) is 23.5 Å². The van der Waals surface area contributed by atoms with Crippen molar-refractivity contribution in [3.05, 3.63) is 101 Å². The third-order valence-electron chi connectivity index (χ3n) is 7.40. The molecule has 5 nitrogen and oxygen atoms in total. The summed E-state index contributed by atoms with van der Waals surface area (Å²) in [6.07, 6.45) is 2.60. The molecule has 3 aromatic rings. The molecule has 1 N–H and O–H groups in total. The van der Waals surface area contributed by atoms with Gasteiger partial charge in [-0.25, -0.2) is 4.39 Å². The van der Waals surface area contributed by atoms with Crippen LogP contribution in [0.4, 0.5) is 15.8 Å². The average Bonchev–Trinajstić information content (AvgIpc) is 3.74. The fourth-order valence-corrected chi connectivity index (χ4v) is 5.46. The predicted octanol–water partition coefficient (Wildman–Crippen LogP) is 6.14. The first-order chi connectivity index (χ1) is 17.5. The van der Waals surface area contributed by atoms with Gasteiger partial charge in [0.2, 0.25) is 5.91 Å². The van der Waals surface area contributed by atoms with Gasteiger partial charge in [-0.2, -0.15) is 0 Å². The van der Waals surface area contributed by atoms with E-state index in [0.29, 0.717) is 29.7 Å². The number of carbonyl (C=O) groups is 2. The van der Waals surface area contributed by atoms with E-state index in [0.717, 1.165) is 35.5 Å². The Morgan fingerprint density at radius 2 is 1.75 bits per heavy atom. The summed E-state index contributed by atoms with van der Waals surface area (Å²) in [5, 5.41) is 3.52. The van der Waals surface area contributed by atoms with Crippen LogP contribution in [0.5, 0.6) is 5.75 Å². The van der Waals surface area contributed by atoms with E-state index < -0.39 is 11.9 Å². The molecular formula is C30H27FN2O3.